The maximum atomic E-state index is 12.1. The number of para-hydroxylation sites is 1. The Morgan fingerprint density at radius 2 is 1.85 bits per heavy atom. The van der Waals surface area contributed by atoms with Crippen molar-refractivity contribution in [1.29, 1.82) is 0 Å². The Morgan fingerprint density at radius 3 is 2.46 bits per heavy atom. The lowest BCUT2D eigenvalue weighted by atomic mass is 9.93. The fraction of sp³-hybridized carbons (Fsp3) is 0.650. The van der Waals surface area contributed by atoms with Gasteiger partial charge in [0.25, 0.3) is 0 Å². The van der Waals surface area contributed by atoms with Gasteiger partial charge in [-0.2, -0.15) is 0 Å². The number of ether oxygens (including phenoxy) is 1. The van der Waals surface area contributed by atoms with Crippen molar-refractivity contribution < 1.29 is 9.53 Å². The predicted octanol–water partition coefficient (Wildman–Crippen LogP) is 2.54. The van der Waals surface area contributed by atoms with Crippen LogP contribution in [0.1, 0.15) is 30.4 Å². The second-order valence-electron chi connectivity index (χ2n) is 7.03. The maximum absolute atomic E-state index is 12.1. The quantitative estimate of drug-likeness (QED) is 0.643. The number of rotatable bonds is 9. The zero-order valence-corrected chi connectivity index (χ0v) is 17.2. The highest BCUT2D eigenvalue weighted by Gasteiger charge is 2.20. The largest absolute Gasteiger partial charge is 0.491 e. The standard InChI is InChI=1S/C20H33N3O2.ClH/c1-16-5-4-6-17(2)20(16)25-14-11-22-19(24)15-23-12-8-18(9-13-23)7-10-21-3;/h4-6,18,21H,7-15H2,1-3H3,(H,22,24);1H. The van der Waals surface area contributed by atoms with Crippen LogP contribution in [-0.2, 0) is 4.79 Å². The summed E-state index contributed by atoms with van der Waals surface area (Å²) in [6.45, 7) is 8.78. The average Bonchev–Trinajstić information content (AvgIpc) is 2.60. The molecule has 1 fully saturated rings. The van der Waals surface area contributed by atoms with E-state index < -0.39 is 0 Å². The topological polar surface area (TPSA) is 53.6 Å². The molecule has 1 aliphatic heterocycles. The first-order chi connectivity index (χ1) is 12.1. The Kier molecular flexibility index (Phi) is 10.6. The van der Waals surface area contributed by atoms with Crippen LogP contribution in [0.25, 0.3) is 0 Å². The molecule has 1 saturated heterocycles. The van der Waals surface area contributed by atoms with E-state index in [-0.39, 0.29) is 18.3 Å². The summed E-state index contributed by atoms with van der Waals surface area (Å²) in [5, 5.41) is 6.19. The Labute approximate surface area is 164 Å². The lowest BCUT2D eigenvalue weighted by Gasteiger charge is -2.31. The summed E-state index contributed by atoms with van der Waals surface area (Å²) in [6.07, 6.45) is 3.64. The molecule has 1 heterocycles. The molecule has 5 nitrogen and oxygen atoms in total. The number of carbonyl (C=O) groups is 1. The van der Waals surface area contributed by atoms with Crippen molar-refractivity contribution >= 4 is 18.3 Å². The summed E-state index contributed by atoms with van der Waals surface area (Å²) >= 11 is 0. The molecule has 26 heavy (non-hydrogen) atoms. The Hall–Kier alpha value is -1.30. The number of carbonyl (C=O) groups excluding carboxylic acids is 1. The Balaban J connectivity index is 0.00000338. The molecule has 0 spiro atoms. The molecule has 0 saturated carbocycles. The van der Waals surface area contributed by atoms with Crippen LogP contribution in [0.3, 0.4) is 0 Å². The number of hydrogen-bond donors (Lipinski definition) is 2. The fourth-order valence-electron chi connectivity index (χ4n) is 3.41. The molecule has 1 aliphatic rings. The van der Waals surface area contributed by atoms with Crippen molar-refractivity contribution in [2.45, 2.75) is 33.1 Å². The van der Waals surface area contributed by atoms with Gasteiger partial charge in [-0.15, -0.1) is 12.4 Å². The van der Waals surface area contributed by atoms with Crippen LogP contribution in [0.2, 0.25) is 0 Å². The molecule has 0 aromatic heterocycles. The van der Waals surface area contributed by atoms with Gasteiger partial charge in [0.1, 0.15) is 12.4 Å². The third kappa shape index (κ3) is 7.52. The van der Waals surface area contributed by atoms with Gasteiger partial charge in [-0.3, -0.25) is 9.69 Å². The van der Waals surface area contributed by atoms with Crippen LogP contribution in [0.5, 0.6) is 5.75 Å². The summed E-state index contributed by atoms with van der Waals surface area (Å²) in [6, 6.07) is 6.11. The molecule has 0 bridgehead atoms. The fourth-order valence-corrected chi connectivity index (χ4v) is 3.41. The zero-order valence-electron chi connectivity index (χ0n) is 16.3. The van der Waals surface area contributed by atoms with Crippen LogP contribution < -0.4 is 15.4 Å². The highest BCUT2D eigenvalue weighted by molar-refractivity contribution is 5.85. The summed E-state index contributed by atoms with van der Waals surface area (Å²) in [7, 11) is 2.00. The van der Waals surface area contributed by atoms with Crippen molar-refractivity contribution in [3.8, 4) is 5.75 Å². The van der Waals surface area contributed by atoms with Crippen molar-refractivity contribution in [2.24, 2.45) is 5.92 Å². The Morgan fingerprint density at radius 1 is 1.19 bits per heavy atom. The number of hydrogen-bond acceptors (Lipinski definition) is 4. The highest BCUT2D eigenvalue weighted by Crippen LogP contribution is 2.22. The van der Waals surface area contributed by atoms with Crippen LogP contribution in [-0.4, -0.2) is 57.2 Å². The molecule has 2 N–H and O–H groups in total. The van der Waals surface area contributed by atoms with E-state index in [2.05, 4.69) is 15.5 Å². The molecule has 1 aromatic carbocycles. The van der Waals surface area contributed by atoms with Crippen molar-refractivity contribution in [3.63, 3.8) is 0 Å². The lowest BCUT2D eigenvalue weighted by molar-refractivity contribution is -0.122. The molecule has 2 rings (SSSR count). The van der Waals surface area contributed by atoms with Gasteiger partial charge in [-0.1, -0.05) is 18.2 Å². The van der Waals surface area contributed by atoms with Crippen LogP contribution in [0, 0.1) is 19.8 Å². The van der Waals surface area contributed by atoms with Crippen molar-refractivity contribution in [1.82, 2.24) is 15.5 Å². The van der Waals surface area contributed by atoms with Crippen LogP contribution in [0.4, 0.5) is 0 Å². The third-order valence-corrected chi connectivity index (χ3v) is 4.96. The maximum Gasteiger partial charge on any atom is 0.234 e. The second kappa shape index (κ2) is 12.2. The molecule has 0 unspecified atom stereocenters. The molecular formula is C20H34ClN3O2. The average molecular weight is 384 g/mol. The summed E-state index contributed by atoms with van der Waals surface area (Å²) < 4.78 is 5.83. The van der Waals surface area contributed by atoms with Gasteiger partial charge in [-0.05, 0) is 76.8 Å². The van der Waals surface area contributed by atoms with Crippen molar-refractivity contribution in [2.75, 3.05) is 46.4 Å². The van der Waals surface area contributed by atoms with E-state index in [4.69, 9.17) is 4.74 Å². The van der Waals surface area contributed by atoms with Crippen LogP contribution >= 0.6 is 12.4 Å². The molecule has 0 atom stereocenters. The molecule has 148 valence electrons. The number of aryl methyl sites for hydroxylation is 2. The first kappa shape index (κ1) is 22.7. The number of piperidine rings is 1. The smallest absolute Gasteiger partial charge is 0.234 e. The van der Waals surface area contributed by atoms with E-state index >= 15 is 0 Å². The van der Waals surface area contributed by atoms with Crippen LogP contribution in [0.15, 0.2) is 18.2 Å². The van der Waals surface area contributed by atoms with Gasteiger partial charge in [-0.25, -0.2) is 0 Å². The molecule has 0 radical (unpaired) electrons. The molecule has 6 heteroatoms. The normalized spacial score (nSPS) is 15.3. The summed E-state index contributed by atoms with van der Waals surface area (Å²) in [5.41, 5.74) is 2.26. The van der Waals surface area contributed by atoms with E-state index in [0.717, 1.165) is 42.4 Å². The molecule has 0 aliphatic carbocycles. The number of nitrogens with one attached hydrogen (secondary N) is 2. The highest BCUT2D eigenvalue weighted by atomic mass is 35.5. The van der Waals surface area contributed by atoms with E-state index in [9.17, 15) is 4.79 Å². The number of amides is 1. The minimum absolute atomic E-state index is 0. The van der Waals surface area contributed by atoms with Gasteiger partial charge in [0.05, 0.1) is 13.1 Å². The van der Waals surface area contributed by atoms with E-state index in [1.165, 1.54) is 19.3 Å². The van der Waals surface area contributed by atoms with Gasteiger partial charge in [0, 0.05) is 0 Å². The number of benzene rings is 1. The number of likely N-dealkylation sites (tertiary alicyclic amines) is 1. The summed E-state index contributed by atoms with van der Waals surface area (Å²) in [5.74, 6) is 1.83. The summed E-state index contributed by atoms with van der Waals surface area (Å²) in [4.78, 5) is 14.4. The molecular weight excluding hydrogens is 350 g/mol. The van der Waals surface area contributed by atoms with Gasteiger partial charge in [0.2, 0.25) is 5.91 Å². The lowest BCUT2D eigenvalue weighted by Crippen LogP contribution is -2.42. The number of halogens is 1. The third-order valence-electron chi connectivity index (χ3n) is 4.96. The van der Waals surface area contributed by atoms with E-state index in [0.29, 0.717) is 19.7 Å². The Bertz CT molecular complexity index is 526. The first-order valence-corrected chi connectivity index (χ1v) is 9.43. The minimum Gasteiger partial charge on any atom is -0.491 e. The molecule has 1 amide bonds. The van der Waals surface area contributed by atoms with Crippen molar-refractivity contribution in [3.05, 3.63) is 29.3 Å². The zero-order chi connectivity index (χ0) is 18.1. The van der Waals surface area contributed by atoms with E-state index in [1.54, 1.807) is 0 Å². The van der Waals surface area contributed by atoms with Gasteiger partial charge >= 0.3 is 0 Å². The minimum atomic E-state index is 0. The predicted molar refractivity (Wildman–Crippen MR) is 109 cm³/mol. The van der Waals surface area contributed by atoms with Gasteiger partial charge < -0.3 is 15.4 Å². The van der Waals surface area contributed by atoms with E-state index in [1.807, 2.05) is 39.1 Å². The van der Waals surface area contributed by atoms with Gasteiger partial charge in [0.15, 0.2) is 0 Å². The molecule has 1 aromatic rings. The monoisotopic (exact) mass is 383 g/mol. The second-order valence-corrected chi connectivity index (χ2v) is 7.03. The number of nitrogens with zero attached hydrogens (tertiary/aromatic N) is 1. The first-order valence-electron chi connectivity index (χ1n) is 9.43. The SMILES string of the molecule is CNCCC1CCN(CC(=O)NCCOc2c(C)cccc2C)CC1.Cl.